The molecule has 0 fully saturated rings. The second-order valence-corrected chi connectivity index (χ2v) is 7.64. The normalized spacial score (nSPS) is 11.8. The molecule has 2 aromatic rings. The van der Waals surface area contributed by atoms with Gasteiger partial charge in [-0.3, -0.25) is 4.79 Å². The van der Waals surface area contributed by atoms with Crippen LogP contribution in [0.5, 0.6) is 0 Å². The first-order valence-electron chi connectivity index (χ1n) is 9.62. The lowest BCUT2D eigenvalue weighted by atomic mass is 10.2. The van der Waals surface area contributed by atoms with E-state index in [-0.39, 0.29) is 19.6 Å². The molecule has 1 N–H and O–H groups in total. The maximum absolute atomic E-state index is 12.5. The van der Waals surface area contributed by atoms with Crippen molar-refractivity contribution in [2.24, 2.45) is 0 Å². The van der Waals surface area contributed by atoms with Crippen molar-refractivity contribution in [3.63, 3.8) is 0 Å². The highest BCUT2D eigenvalue weighted by Gasteiger charge is 2.28. The lowest BCUT2D eigenvalue weighted by Crippen LogP contribution is -2.45. The van der Waals surface area contributed by atoms with Crippen LogP contribution in [0.3, 0.4) is 0 Å². The van der Waals surface area contributed by atoms with Crippen LogP contribution in [-0.2, 0) is 37.0 Å². The van der Waals surface area contributed by atoms with Gasteiger partial charge in [0.15, 0.2) is 0 Å². The third kappa shape index (κ3) is 8.77. The number of carbonyl (C=O) groups excluding carboxylic acids is 3. The summed E-state index contributed by atoms with van der Waals surface area (Å²) in [6, 6.07) is 17.0. The van der Waals surface area contributed by atoms with Crippen LogP contribution in [0.1, 0.15) is 38.3 Å². The average Bonchev–Trinajstić information content (AvgIpc) is 2.70. The van der Waals surface area contributed by atoms with Crippen LogP contribution in [0.25, 0.3) is 0 Å². The molecule has 0 aliphatic rings. The first kappa shape index (κ1) is 22.9. The highest BCUT2D eigenvalue weighted by molar-refractivity contribution is 5.86. The lowest BCUT2D eigenvalue weighted by molar-refractivity contribution is -0.154. The number of carbonyl (C=O) groups is 3. The van der Waals surface area contributed by atoms with E-state index in [4.69, 9.17) is 14.2 Å². The first-order valence-corrected chi connectivity index (χ1v) is 9.62. The van der Waals surface area contributed by atoms with Crippen molar-refractivity contribution in [2.45, 2.75) is 52.0 Å². The summed E-state index contributed by atoms with van der Waals surface area (Å²) in [7, 11) is 0. The van der Waals surface area contributed by atoms with Crippen molar-refractivity contribution in [2.75, 3.05) is 0 Å². The largest absolute Gasteiger partial charge is 0.461 e. The van der Waals surface area contributed by atoms with E-state index in [2.05, 4.69) is 5.32 Å². The van der Waals surface area contributed by atoms with Gasteiger partial charge < -0.3 is 19.5 Å². The average molecular weight is 413 g/mol. The van der Waals surface area contributed by atoms with Gasteiger partial charge in [-0.25, -0.2) is 9.59 Å². The van der Waals surface area contributed by atoms with E-state index < -0.39 is 29.7 Å². The summed E-state index contributed by atoms with van der Waals surface area (Å²) >= 11 is 0. The number of esters is 2. The van der Waals surface area contributed by atoms with Gasteiger partial charge in [-0.2, -0.15) is 0 Å². The van der Waals surface area contributed by atoms with Crippen LogP contribution in [0.15, 0.2) is 60.7 Å². The molecular weight excluding hydrogens is 386 g/mol. The van der Waals surface area contributed by atoms with Gasteiger partial charge in [-0.15, -0.1) is 0 Å². The van der Waals surface area contributed by atoms with E-state index in [0.29, 0.717) is 0 Å². The van der Waals surface area contributed by atoms with E-state index in [1.54, 1.807) is 32.9 Å². The predicted octanol–water partition coefficient (Wildman–Crippen LogP) is 3.76. The summed E-state index contributed by atoms with van der Waals surface area (Å²) in [5.74, 6) is -1.39. The number of rotatable bonds is 8. The molecule has 7 nitrogen and oxygen atoms in total. The Labute approximate surface area is 176 Å². The molecule has 2 aromatic carbocycles. The number of alkyl carbamates (subject to hydrolysis) is 1. The molecule has 1 amide bonds. The Morgan fingerprint density at radius 1 is 0.833 bits per heavy atom. The molecule has 0 heterocycles. The van der Waals surface area contributed by atoms with Crippen LogP contribution < -0.4 is 5.32 Å². The summed E-state index contributed by atoms with van der Waals surface area (Å²) in [5.41, 5.74) is 0.846. The van der Waals surface area contributed by atoms with E-state index in [9.17, 15) is 14.4 Å². The van der Waals surface area contributed by atoms with Gasteiger partial charge in [0.05, 0.1) is 6.42 Å². The van der Waals surface area contributed by atoms with E-state index in [1.807, 2.05) is 48.5 Å². The molecule has 2 rings (SSSR count). The third-order valence-corrected chi connectivity index (χ3v) is 3.81. The molecular formula is C23H27NO6. The second kappa shape index (κ2) is 11.0. The number of amides is 1. The summed E-state index contributed by atoms with van der Waals surface area (Å²) in [5, 5.41) is 2.40. The zero-order valence-electron chi connectivity index (χ0n) is 17.4. The molecule has 30 heavy (non-hydrogen) atoms. The Kier molecular flexibility index (Phi) is 8.41. The monoisotopic (exact) mass is 413 g/mol. The van der Waals surface area contributed by atoms with Gasteiger partial charge in [0.25, 0.3) is 0 Å². The molecule has 0 radical (unpaired) electrons. The molecule has 0 bridgehead atoms. The molecule has 0 saturated carbocycles. The molecule has 0 aliphatic carbocycles. The molecule has 1 atom stereocenters. The van der Waals surface area contributed by atoms with Crippen molar-refractivity contribution < 1.29 is 28.6 Å². The standard InChI is InChI=1S/C23H27NO6/c1-23(2,3)30-22(27)24-19(21(26)29-16-18-12-8-5-9-13-18)14-20(25)28-15-17-10-6-4-7-11-17/h4-13,19H,14-16H2,1-3H3,(H,24,27)/t19-/m0/s1. The van der Waals surface area contributed by atoms with Gasteiger partial charge in [0.1, 0.15) is 24.9 Å². The number of benzene rings is 2. The Morgan fingerprint density at radius 3 is 1.83 bits per heavy atom. The Balaban J connectivity index is 1.97. The summed E-state index contributed by atoms with van der Waals surface area (Å²) in [4.78, 5) is 36.9. The number of ether oxygens (including phenoxy) is 3. The van der Waals surface area contributed by atoms with Crippen molar-refractivity contribution in [1.82, 2.24) is 5.32 Å². The fourth-order valence-electron chi connectivity index (χ4n) is 2.44. The smallest absolute Gasteiger partial charge is 0.408 e. The van der Waals surface area contributed by atoms with Crippen LogP contribution in [0.2, 0.25) is 0 Å². The number of hydrogen-bond acceptors (Lipinski definition) is 6. The summed E-state index contributed by atoms with van der Waals surface area (Å²) in [6.07, 6.45) is -1.19. The van der Waals surface area contributed by atoms with Crippen LogP contribution in [-0.4, -0.2) is 29.7 Å². The molecule has 0 saturated heterocycles. The molecule has 7 heteroatoms. The van der Waals surface area contributed by atoms with Crippen molar-refractivity contribution in [3.05, 3.63) is 71.8 Å². The van der Waals surface area contributed by atoms with Gasteiger partial charge in [0.2, 0.25) is 0 Å². The quantitative estimate of drug-likeness (QED) is 0.523. The van der Waals surface area contributed by atoms with Crippen molar-refractivity contribution >= 4 is 18.0 Å². The summed E-state index contributed by atoms with van der Waals surface area (Å²) in [6.45, 7) is 5.18. The molecule has 160 valence electrons. The molecule has 0 unspecified atom stereocenters. The van der Waals surface area contributed by atoms with Crippen molar-refractivity contribution in [3.8, 4) is 0 Å². The fraction of sp³-hybridized carbons (Fsp3) is 0.348. The first-order chi connectivity index (χ1) is 14.2. The molecule has 0 aliphatic heterocycles. The van der Waals surface area contributed by atoms with Gasteiger partial charge in [-0.05, 0) is 31.9 Å². The Morgan fingerprint density at radius 2 is 1.33 bits per heavy atom. The fourth-order valence-corrected chi connectivity index (χ4v) is 2.44. The van der Waals surface area contributed by atoms with Gasteiger partial charge in [-0.1, -0.05) is 60.7 Å². The predicted molar refractivity (Wildman–Crippen MR) is 110 cm³/mol. The maximum atomic E-state index is 12.5. The van der Waals surface area contributed by atoms with E-state index in [0.717, 1.165) is 11.1 Å². The third-order valence-electron chi connectivity index (χ3n) is 3.81. The van der Waals surface area contributed by atoms with E-state index >= 15 is 0 Å². The minimum absolute atomic E-state index is 0.0191. The van der Waals surface area contributed by atoms with Crippen LogP contribution in [0.4, 0.5) is 4.79 Å². The Bertz CT molecular complexity index is 830. The number of hydrogen-bond donors (Lipinski definition) is 1. The SMILES string of the molecule is CC(C)(C)OC(=O)N[C@@H](CC(=O)OCc1ccccc1)C(=O)OCc1ccccc1. The lowest BCUT2D eigenvalue weighted by Gasteiger charge is -2.22. The van der Waals surface area contributed by atoms with Crippen LogP contribution >= 0.6 is 0 Å². The molecule has 0 aromatic heterocycles. The zero-order valence-corrected chi connectivity index (χ0v) is 17.4. The highest BCUT2D eigenvalue weighted by atomic mass is 16.6. The van der Waals surface area contributed by atoms with Gasteiger partial charge >= 0.3 is 18.0 Å². The highest BCUT2D eigenvalue weighted by Crippen LogP contribution is 2.10. The van der Waals surface area contributed by atoms with E-state index in [1.165, 1.54) is 0 Å². The summed E-state index contributed by atoms with van der Waals surface area (Å²) < 4.78 is 15.7. The minimum atomic E-state index is -1.23. The van der Waals surface area contributed by atoms with Crippen LogP contribution in [0, 0.1) is 0 Å². The van der Waals surface area contributed by atoms with Gasteiger partial charge in [0, 0.05) is 0 Å². The minimum Gasteiger partial charge on any atom is -0.461 e. The second-order valence-electron chi connectivity index (χ2n) is 7.64. The Hall–Kier alpha value is -3.35. The maximum Gasteiger partial charge on any atom is 0.408 e. The topological polar surface area (TPSA) is 90.9 Å². The molecule has 0 spiro atoms. The van der Waals surface area contributed by atoms with Crippen molar-refractivity contribution in [1.29, 1.82) is 0 Å². The zero-order chi connectivity index (χ0) is 22.0. The number of nitrogens with one attached hydrogen (secondary N) is 1.